The number of fused-ring (bicyclic) bond motifs is 1. The van der Waals surface area contributed by atoms with Crippen molar-refractivity contribution in [3.63, 3.8) is 0 Å². The number of likely N-dealkylation sites (tertiary alicyclic amines) is 1. The van der Waals surface area contributed by atoms with Crippen molar-refractivity contribution >= 4 is 39.6 Å². The van der Waals surface area contributed by atoms with Gasteiger partial charge < -0.3 is 29.3 Å². The average Bonchev–Trinajstić information content (AvgIpc) is 3.81. The van der Waals surface area contributed by atoms with Crippen LogP contribution in [0.5, 0.6) is 0 Å². The molecule has 1 unspecified atom stereocenters. The van der Waals surface area contributed by atoms with Crippen molar-refractivity contribution in [3.05, 3.63) is 133 Å². The fraction of sp³-hybridized carbons (Fsp3) is 0.409. The number of hydrogen-bond acceptors (Lipinski definition) is 7. The van der Waals surface area contributed by atoms with Crippen molar-refractivity contribution in [1.82, 2.24) is 14.7 Å². The van der Waals surface area contributed by atoms with Gasteiger partial charge in [0.05, 0.1) is 36.6 Å². The van der Waals surface area contributed by atoms with Crippen LogP contribution in [-0.2, 0) is 41.6 Å². The number of alkyl halides is 1. The summed E-state index contributed by atoms with van der Waals surface area (Å²) >= 11 is 3.77. The first-order valence-electron chi connectivity index (χ1n) is 18.9. The number of aliphatic hydroxyl groups is 1. The second-order valence-electron chi connectivity index (χ2n) is 14.8. The number of allylic oxidation sites excluding steroid dienone is 1. The zero-order valence-corrected chi connectivity index (χ0v) is 33.0. The smallest absolute Gasteiger partial charge is 0.313 e. The maximum absolute atomic E-state index is 15.1. The number of esters is 1. The molecule has 11 heteroatoms. The topological polar surface area (TPSA) is 117 Å². The van der Waals surface area contributed by atoms with Gasteiger partial charge in [0.25, 0.3) is 0 Å². The van der Waals surface area contributed by atoms with E-state index in [2.05, 4.69) is 29.1 Å². The molecule has 3 amide bonds. The molecule has 3 fully saturated rings. The fourth-order valence-electron chi connectivity index (χ4n) is 8.64. The highest BCUT2D eigenvalue weighted by Gasteiger charge is 2.77. The lowest BCUT2D eigenvalue weighted by molar-refractivity contribution is -0.165. The number of carbonyl (C=O) groups excluding carboxylic acids is 4. The fourth-order valence-corrected chi connectivity index (χ4v) is 9.58. The van der Waals surface area contributed by atoms with Gasteiger partial charge in [-0.1, -0.05) is 119 Å². The summed E-state index contributed by atoms with van der Waals surface area (Å²) in [5.41, 5.74) is 1.09. The molecular weight excluding hydrogens is 762 g/mol. The number of rotatable bonds is 17. The third-order valence-electron chi connectivity index (χ3n) is 11.4. The van der Waals surface area contributed by atoms with Gasteiger partial charge in [0.2, 0.25) is 17.7 Å². The number of halogens is 1. The number of ether oxygens (including phenoxy) is 2. The van der Waals surface area contributed by atoms with Crippen LogP contribution in [0.2, 0.25) is 0 Å². The molecular formula is C44H50BrN3O7. The van der Waals surface area contributed by atoms with Crippen LogP contribution < -0.4 is 0 Å². The monoisotopic (exact) mass is 811 g/mol. The Labute approximate surface area is 331 Å². The Morgan fingerprint density at radius 3 is 2.22 bits per heavy atom. The summed E-state index contributed by atoms with van der Waals surface area (Å²) in [5.74, 6) is -3.68. The molecule has 2 bridgehead atoms. The first-order chi connectivity index (χ1) is 26.6. The first-order valence-corrected chi connectivity index (χ1v) is 19.8. The predicted octanol–water partition coefficient (Wildman–Crippen LogP) is 5.65. The Balaban J connectivity index is 1.39. The number of likely N-dealkylation sites (N-methyl/N-ethyl adjacent to an activating group) is 1. The Kier molecular flexibility index (Phi) is 12.7. The standard InChI is InChI=1S/C44H50BrN3O7/c1-5-7-23-35(50)46(4)29(3)38(32-21-15-10-16-22-32)54-43(53)36-37-41(51)48(33(28-49)25-30-17-11-8-12-18-30)40(44(37)26-34(45)39(36)55-44)42(52)47(24-6-2)27-31-19-13-9-14-20-31/h5-6,8-22,29,33-34,36-40,49H,1-2,7,23-28H2,3-4H3/t29-,33-,34?,36-,37+,38+,39-,40-,44+/m1/s1. The van der Waals surface area contributed by atoms with E-state index in [0.29, 0.717) is 18.4 Å². The summed E-state index contributed by atoms with van der Waals surface area (Å²) in [4.78, 5) is 62.4. The second kappa shape index (κ2) is 17.5. The van der Waals surface area contributed by atoms with Crippen molar-refractivity contribution in [2.45, 2.75) is 79.9 Å². The van der Waals surface area contributed by atoms with Crippen LogP contribution in [0.15, 0.2) is 116 Å². The molecule has 0 radical (unpaired) electrons. The number of nitrogens with zero attached hydrogens (tertiary/aromatic N) is 3. The SMILES string of the molecule is C=CCCC(=O)N(C)[C@H](C)[C@H](OC(=O)[C@H]1[C@@H]2O[C@@]3(CC2Br)[C@@H]1C(=O)N([C@@H](CO)Cc1ccccc1)[C@@H]3C(=O)N(CC=C)Cc1ccccc1)c1ccccc1. The molecule has 1 spiro atoms. The van der Waals surface area contributed by atoms with E-state index in [1.54, 1.807) is 29.0 Å². The van der Waals surface area contributed by atoms with Gasteiger partial charge in [-0.05, 0) is 42.9 Å². The molecule has 9 atom stereocenters. The minimum Gasteiger partial charge on any atom is -0.455 e. The van der Waals surface area contributed by atoms with E-state index in [1.807, 2.05) is 97.9 Å². The molecule has 55 heavy (non-hydrogen) atoms. The molecule has 0 aromatic heterocycles. The Hall–Kier alpha value is -4.58. The largest absolute Gasteiger partial charge is 0.455 e. The van der Waals surface area contributed by atoms with E-state index in [4.69, 9.17) is 9.47 Å². The Bertz CT molecular complexity index is 1850. The number of carbonyl (C=O) groups is 4. The van der Waals surface area contributed by atoms with E-state index in [0.717, 1.165) is 11.1 Å². The zero-order chi connectivity index (χ0) is 39.3. The normalized spacial score (nSPS) is 25.4. The summed E-state index contributed by atoms with van der Waals surface area (Å²) in [7, 11) is 1.69. The molecule has 3 aromatic rings. The second-order valence-corrected chi connectivity index (χ2v) is 15.9. The third-order valence-corrected chi connectivity index (χ3v) is 12.2. The van der Waals surface area contributed by atoms with E-state index >= 15 is 9.59 Å². The molecule has 3 aliphatic heterocycles. The van der Waals surface area contributed by atoms with Crippen LogP contribution in [0.4, 0.5) is 0 Å². The molecule has 0 aliphatic carbocycles. The van der Waals surface area contributed by atoms with E-state index in [-0.39, 0.29) is 42.6 Å². The van der Waals surface area contributed by atoms with E-state index in [1.165, 1.54) is 4.90 Å². The zero-order valence-electron chi connectivity index (χ0n) is 31.4. The molecule has 3 aliphatic rings. The maximum atomic E-state index is 15.1. The average molecular weight is 813 g/mol. The van der Waals surface area contributed by atoms with Crippen molar-refractivity contribution in [2.24, 2.45) is 11.8 Å². The lowest BCUT2D eigenvalue weighted by atomic mass is 9.70. The van der Waals surface area contributed by atoms with Gasteiger partial charge in [0.15, 0.2) is 0 Å². The van der Waals surface area contributed by atoms with Gasteiger partial charge in [0, 0.05) is 31.4 Å². The van der Waals surface area contributed by atoms with Crippen molar-refractivity contribution in [1.29, 1.82) is 0 Å². The lowest BCUT2D eigenvalue weighted by Crippen LogP contribution is -2.59. The summed E-state index contributed by atoms with van der Waals surface area (Å²) in [6.07, 6.45) is 3.05. The number of hydrogen-bond donors (Lipinski definition) is 1. The quantitative estimate of drug-likeness (QED) is 0.107. The lowest BCUT2D eigenvalue weighted by Gasteiger charge is -2.39. The van der Waals surface area contributed by atoms with Gasteiger partial charge in [-0.3, -0.25) is 19.2 Å². The van der Waals surface area contributed by atoms with Crippen molar-refractivity contribution in [2.75, 3.05) is 20.2 Å². The van der Waals surface area contributed by atoms with Crippen molar-refractivity contribution in [3.8, 4) is 0 Å². The van der Waals surface area contributed by atoms with Crippen LogP contribution in [0, 0.1) is 11.8 Å². The van der Waals surface area contributed by atoms with Gasteiger partial charge in [-0.2, -0.15) is 0 Å². The third kappa shape index (κ3) is 7.92. The molecule has 6 rings (SSSR count). The van der Waals surface area contributed by atoms with Crippen LogP contribution in [0.3, 0.4) is 0 Å². The molecule has 290 valence electrons. The highest BCUT2D eigenvalue weighted by atomic mass is 79.9. The van der Waals surface area contributed by atoms with Crippen LogP contribution in [-0.4, -0.2) is 98.4 Å². The van der Waals surface area contributed by atoms with Gasteiger partial charge in [-0.15, -0.1) is 13.2 Å². The minimum absolute atomic E-state index is 0.122. The van der Waals surface area contributed by atoms with Crippen LogP contribution in [0.25, 0.3) is 0 Å². The number of amides is 3. The molecule has 3 heterocycles. The van der Waals surface area contributed by atoms with E-state index < -0.39 is 66.3 Å². The van der Waals surface area contributed by atoms with Crippen LogP contribution in [0.1, 0.15) is 49.0 Å². The van der Waals surface area contributed by atoms with E-state index in [9.17, 15) is 14.7 Å². The molecule has 3 saturated heterocycles. The van der Waals surface area contributed by atoms with Crippen molar-refractivity contribution < 1.29 is 33.8 Å². The van der Waals surface area contributed by atoms with Crippen LogP contribution >= 0.6 is 15.9 Å². The highest BCUT2D eigenvalue weighted by Crippen LogP contribution is 2.61. The highest BCUT2D eigenvalue weighted by molar-refractivity contribution is 9.09. The molecule has 3 aromatic carbocycles. The minimum atomic E-state index is -1.39. The summed E-state index contributed by atoms with van der Waals surface area (Å²) in [6.45, 7) is 9.52. The first kappa shape index (κ1) is 40.1. The maximum Gasteiger partial charge on any atom is 0.313 e. The number of benzene rings is 3. The molecule has 10 nitrogen and oxygen atoms in total. The van der Waals surface area contributed by atoms with Gasteiger partial charge in [-0.25, -0.2) is 0 Å². The number of aliphatic hydroxyl groups excluding tert-OH is 1. The van der Waals surface area contributed by atoms with Gasteiger partial charge in [0.1, 0.15) is 17.7 Å². The van der Waals surface area contributed by atoms with Gasteiger partial charge >= 0.3 is 5.97 Å². The molecule has 0 saturated carbocycles. The summed E-state index contributed by atoms with van der Waals surface area (Å²) < 4.78 is 13.2. The molecule has 1 N–H and O–H groups in total. The summed E-state index contributed by atoms with van der Waals surface area (Å²) in [6, 6.07) is 25.8. The summed E-state index contributed by atoms with van der Waals surface area (Å²) in [5, 5.41) is 10.9. The Morgan fingerprint density at radius 2 is 1.62 bits per heavy atom. The Morgan fingerprint density at radius 1 is 1.00 bits per heavy atom. The predicted molar refractivity (Wildman–Crippen MR) is 213 cm³/mol.